The third kappa shape index (κ3) is 5.65. The molecule has 2 N–H and O–H groups in total. The number of rotatable bonds is 4. The molecule has 3 aromatic rings. The van der Waals surface area contributed by atoms with Gasteiger partial charge in [-0.1, -0.05) is 0 Å². The summed E-state index contributed by atoms with van der Waals surface area (Å²) in [6.45, 7) is 8.81. The van der Waals surface area contributed by atoms with Gasteiger partial charge in [0.2, 0.25) is 5.56 Å². The van der Waals surface area contributed by atoms with Gasteiger partial charge in [0.05, 0.1) is 11.3 Å². The normalized spacial score (nSPS) is 17.0. The van der Waals surface area contributed by atoms with Crippen molar-refractivity contribution in [3.63, 3.8) is 0 Å². The largest absolute Gasteiger partial charge is 0.507 e. The minimum absolute atomic E-state index is 0. The van der Waals surface area contributed by atoms with Gasteiger partial charge in [0.25, 0.3) is 0 Å². The van der Waals surface area contributed by atoms with Crippen molar-refractivity contribution in [1.82, 2.24) is 20.1 Å². The fourth-order valence-corrected chi connectivity index (χ4v) is 5.15. The van der Waals surface area contributed by atoms with E-state index in [0.717, 1.165) is 12.8 Å². The van der Waals surface area contributed by atoms with Crippen molar-refractivity contribution in [2.75, 3.05) is 11.9 Å². The van der Waals surface area contributed by atoms with Crippen LogP contribution in [0, 0.1) is 5.82 Å². The highest BCUT2D eigenvalue weighted by Gasteiger charge is 2.39. The van der Waals surface area contributed by atoms with Crippen LogP contribution >= 0.6 is 12.4 Å². The van der Waals surface area contributed by atoms with Gasteiger partial charge in [-0.05, 0) is 82.0 Å². The van der Waals surface area contributed by atoms with Crippen LogP contribution in [0.5, 0.6) is 5.75 Å². The van der Waals surface area contributed by atoms with Gasteiger partial charge in [0, 0.05) is 43.5 Å². The topological polar surface area (TPSA) is 83.3 Å². The molecule has 0 radical (unpaired) electrons. The molecule has 35 heavy (non-hydrogen) atoms. The molecular formula is C26H33ClFN5O2. The molecule has 0 unspecified atom stereocenters. The summed E-state index contributed by atoms with van der Waals surface area (Å²) < 4.78 is 16.5. The SMILES string of the molecule is CN(c1ccc(-c2c(O)cc(-c3ccc(=O)n(C)c3)cc2F)nn1)C1CC(C)(C)NC(C)(C)C1.Cl. The van der Waals surface area contributed by atoms with Crippen LogP contribution in [0.15, 0.2) is 47.4 Å². The molecule has 4 rings (SSSR count). The zero-order chi connectivity index (χ0) is 24.8. The van der Waals surface area contributed by atoms with E-state index in [4.69, 9.17) is 0 Å². The van der Waals surface area contributed by atoms with E-state index in [2.05, 4.69) is 48.1 Å². The van der Waals surface area contributed by atoms with Gasteiger partial charge in [-0.25, -0.2) is 4.39 Å². The molecule has 3 heterocycles. The Labute approximate surface area is 211 Å². The summed E-state index contributed by atoms with van der Waals surface area (Å²) in [4.78, 5) is 13.8. The smallest absolute Gasteiger partial charge is 0.250 e. The van der Waals surface area contributed by atoms with Gasteiger partial charge in [-0.3, -0.25) is 4.79 Å². The number of piperidine rings is 1. The number of phenols is 1. The summed E-state index contributed by atoms with van der Waals surface area (Å²) in [5, 5.41) is 22.9. The lowest BCUT2D eigenvalue weighted by atomic mass is 9.79. The first-order chi connectivity index (χ1) is 15.8. The van der Waals surface area contributed by atoms with Gasteiger partial charge in [0.1, 0.15) is 11.6 Å². The molecule has 1 aromatic carbocycles. The Kier molecular flexibility index (Phi) is 7.29. The van der Waals surface area contributed by atoms with Crippen molar-refractivity contribution in [2.24, 2.45) is 7.05 Å². The minimum atomic E-state index is -0.610. The number of phenolic OH excluding ortho intramolecular Hbond substituents is 1. The second-order valence-electron chi connectivity index (χ2n) is 10.6. The molecule has 0 aliphatic carbocycles. The van der Waals surface area contributed by atoms with Crippen molar-refractivity contribution in [3.05, 3.63) is 58.8 Å². The maximum absolute atomic E-state index is 15.1. The highest BCUT2D eigenvalue weighted by molar-refractivity contribution is 5.85. The number of aryl methyl sites for hydroxylation is 1. The van der Waals surface area contributed by atoms with Gasteiger partial charge in [-0.15, -0.1) is 22.6 Å². The Morgan fingerprint density at radius 2 is 1.71 bits per heavy atom. The molecular weight excluding hydrogens is 469 g/mol. The molecule has 1 saturated heterocycles. The summed E-state index contributed by atoms with van der Waals surface area (Å²) in [5.74, 6) is -0.147. The molecule has 7 nitrogen and oxygen atoms in total. The minimum Gasteiger partial charge on any atom is -0.507 e. The van der Waals surface area contributed by atoms with Crippen molar-refractivity contribution in [3.8, 4) is 28.1 Å². The van der Waals surface area contributed by atoms with Crippen LogP contribution in [0.25, 0.3) is 22.4 Å². The first-order valence-electron chi connectivity index (χ1n) is 11.4. The molecule has 0 atom stereocenters. The average molecular weight is 502 g/mol. The maximum atomic E-state index is 15.1. The van der Waals surface area contributed by atoms with Crippen LogP contribution < -0.4 is 15.8 Å². The summed E-state index contributed by atoms with van der Waals surface area (Å²) in [7, 11) is 3.63. The summed E-state index contributed by atoms with van der Waals surface area (Å²) >= 11 is 0. The molecule has 0 spiro atoms. The molecule has 1 aliphatic rings. The predicted molar refractivity (Wildman–Crippen MR) is 140 cm³/mol. The summed E-state index contributed by atoms with van der Waals surface area (Å²) in [6, 6.07) is 9.57. The van der Waals surface area contributed by atoms with E-state index < -0.39 is 5.82 Å². The van der Waals surface area contributed by atoms with Crippen LogP contribution in [-0.2, 0) is 7.05 Å². The van der Waals surface area contributed by atoms with Gasteiger partial charge in [0.15, 0.2) is 5.82 Å². The number of aromatic nitrogens is 3. The quantitative estimate of drug-likeness (QED) is 0.547. The Morgan fingerprint density at radius 3 is 2.26 bits per heavy atom. The summed E-state index contributed by atoms with van der Waals surface area (Å²) in [5.41, 5.74) is 1.17. The van der Waals surface area contributed by atoms with E-state index in [-0.39, 0.29) is 52.1 Å². The number of halogens is 2. The second-order valence-corrected chi connectivity index (χ2v) is 10.6. The number of nitrogens with one attached hydrogen (secondary N) is 1. The number of pyridine rings is 1. The van der Waals surface area contributed by atoms with E-state index in [9.17, 15) is 9.90 Å². The zero-order valence-electron chi connectivity index (χ0n) is 21.0. The Morgan fingerprint density at radius 1 is 1.06 bits per heavy atom. The number of hydrogen-bond acceptors (Lipinski definition) is 6. The molecule has 1 fully saturated rings. The molecule has 0 amide bonds. The number of benzene rings is 1. The zero-order valence-corrected chi connectivity index (χ0v) is 21.8. The number of aromatic hydroxyl groups is 1. The van der Waals surface area contributed by atoms with Gasteiger partial charge >= 0.3 is 0 Å². The van der Waals surface area contributed by atoms with Crippen LogP contribution in [0.3, 0.4) is 0 Å². The average Bonchev–Trinajstić information content (AvgIpc) is 2.73. The van der Waals surface area contributed by atoms with Crippen LogP contribution in [0.2, 0.25) is 0 Å². The molecule has 0 bridgehead atoms. The van der Waals surface area contributed by atoms with Crippen molar-refractivity contribution in [1.29, 1.82) is 0 Å². The lowest BCUT2D eigenvalue weighted by Crippen LogP contribution is -2.62. The number of anilines is 1. The van der Waals surface area contributed by atoms with E-state index in [1.807, 2.05) is 13.1 Å². The number of nitrogens with zero attached hydrogens (tertiary/aromatic N) is 4. The molecule has 188 valence electrons. The van der Waals surface area contributed by atoms with E-state index in [1.54, 1.807) is 25.4 Å². The van der Waals surface area contributed by atoms with E-state index in [1.165, 1.54) is 22.8 Å². The van der Waals surface area contributed by atoms with E-state index in [0.29, 0.717) is 16.9 Å². The highest BCUT2D eigenvalue weighted by Crippen LogP contribution is 2.36. The fraction of sp³-hybridized carbons (Fsp3) is 0.423. The van der Waals surface area contributed by atoms with Crippen LogP contribution in [0.4, 0.5) is 10.2 Å². The van der Waals surface area contributed by atoms with Gasteiger partial charge < -0.3 is 19.9 Å². The Balaban J connectivity index is 0.00000342. The predicted octanol–water partition coefficient (Wildman–Crippen LogP) is 4.52. The highest BCUT2D eigenvalue weighted by atomic mass is 35.5. The third-order valence-corrected chi connectivity index (χ3v) is 6.47. The Bertz CT molecular complexity index is 1230. The number of hydrogen-bond donors (Lipinski definition) is 2. The maximum Gasteiger partial charge on any atom is 0.250 e. The molecule has 2 aromatic heterocycles. The summed E-state index contributed by atoms with van der Waals surface area (Å²) in [6.07, 6.45) is 3.51. The first kappa shape index (κ1) is 26.6. The monoisotopic (exact) mass is 501 g/mol. The van der Waals surface area contributed by atoms with E-state index >= 15 is 4.39 Å². The van der Waals surface area contributed by atoms with Crippen LogP contribution in [0.1, 0.15) is 40.5 Å². The lowest BCUT2D eigenvalue weighted by molar-refractivity contribution is 0.160. The molecule has 0 saturated carbocycles. The first-order valence-corrected chi connectivity index (χ1v) is 11.4. The van der Waals surface area contributed by atoms with Crippen molar-refractivity contribution < 1.29 is 9.50 Å². The lowest BCUT2D eigenvalue weighted by Gasteiger charge is -2.49. The van der Waals surface area contributed by atoms with Crippen LogP contribution in [-0.4, -0.2) is 44.0 Å². The van der Waals surface area contributed by atoms with Gasteiger partial charge in [-0.2, -0.15) is 0 Å². The molecule has 9 heteroatoms. The second kappa shape index (κ2) is 9.59. The fourth-order valence-electron chi connectivity index (χ4n) is 5.15. The molecule has 1 aliphatic heterocycles. The van der Waals surface area contributed by atoms with Crippen molar-refractivity contribution in [2.45, 2.75) is 57.7 Å². The van der Waals surface area contributed by atoms with Crippen molar-refractivity contribution >= 4 is 18.2 Å². The standard InChI is InChI=1S/C26H32FN5O2.ClH/c1-25(2)13-18(14-26(3,4)30-25)32(6)22-9-8-20(28-29-22)24-19(27)11-17(12-21(24)33)16-7-10-23(34)31(5)15-16;/h7-12,15,18,30,33H,13-14H2,1-6H3;1H. The Hall–Kier alpha value is -2.97. The third-order valence-electron chi connectivity index (χ3n) is 6.47.